The number of nitro groups is 1. The maximum Gasteiger partial charge on any atom is 0.293 e. The molecular weight excluding hydrogens is 258 g/mol. The monoisotopic (exact) mass is 277 g/mol. The molecule has 6 heteroatoms. The van der Waals surface area contributed by atoms with E-state index in [1.165, 1.54) is 6.07 Å². The minimum atomic E-state index is -0.472. The number of nitrogens with zero attached hydrogens (tertiary/aromatic N) is 1. The van der Waals surface area contributed by atoms with Gasteiger partial charge in [0.1, 0.15) is 5.69 Å². The van der Waals surface area contributed by atoms with Gasteiger partial charge < -0.3 is 10.6 Å². The number of hydrogen-bond acceptors (Lipinski definition) is 4. The van der Waals surface area contributed by atoms with Gasteiger partial charge >= 0.3 is 0 Å². The highest BCUT2D eigenvalue weighted by atomic mass is 16.6. The molecule has 1 aromatic rings. The number of benzene rings is 1. The summed E-state index contributed by atoms with van der Waals surface area (Å²) in [6.07, 6.45) is 2.04. The number of amides is 1. The Morgan fingerprint density at radius 2 is 2.25 bits per heavy atom. The molecule has 1 aromatic carbocycles. The Kier molecular flexibility index (Phi) is 4.34. The molecule has 0 radical (unpaired) electrons. The highest BCUT2D eigenvalue weighted by molar-refractivity contribution is 5.97. The summed E-state index contributed by atoms with van der Waals surface area (Å²) >= 11 is 0. The van der Waals surface area contributed by atoms with Crippen LogP contribution in [0.3, 0.4) is 0 Å². The molecule has 2 N–H and O–H groups in total. The van der Waals surface area contributed by atoms with Crippen molar-refractivity contribution in [1.29, 1.82) is 0 Å². The van der Waals surface area contributed by atoms with Gasteiger partial charge in [-0.05, 0) is 43.9 Å². The molecule has 2 rings (SSSR count). The topological polar surface area (TPSA) is 84.3 Å². The van der Waals surface area contributed by atoms with Crippen molar-refractivity contribution in [2.75, 3.05) is 11.9 Å². The second-order valence-electron chi connectivity index (χ2n) is 5.32. The number of piperidine rings is 1. The van der Waals surface area contributed by atoms with Crippen LogP contribution in [0.25, 0.3) is 0 Å². The number of anilines is 1. The van der Waals surface area contributed by atoms with Crippen molar-refractivity contribution in [3.63, 3.8) is 0 Å². The SMILES string of the molecule is Cc1ccc(NC(=O)C2NCCCC2C)c([N+](=O)[O-])c1. The highest BCUT2D eigenvalue weighted by Crippen LogP contribution is 2.26. The Morgan fingerprint density at radius 3 is 2.90 bits per heavy atom. The molecule has 0 spiro atoms. The molecular formula is C14H19N3O3. The molecule has 0 aliphatic carbocycles. The first kappa shape index (κ1) is 14.5. The van der Waals surface area contributed by atoms with Crippen LogP contribution in [-0.4, -0.2) is 23.4 Å². The van der Waals surface area contributed by atoms with Crippen molar-refractivity contribution in [2.45, 2.75) is 32.7 Å². The number of hydrogen-bond donors (Lipinski definition) is 2. The fourth-order valence-electron chi connectivity index (χ4n) is 2.51. The van der Waals surface area contributed by atoms with Gasteiger partial charge in [-0.25, -0.2) is 0 Å². The first-order chi connectivity index (χ1) is 9.49. The summed E-state index contributed by atoms with van der Waals surface area (Å²) in [5.41, 5.74) is 0.978. The van der Waals surface area contributed by atoms with E-state index in [0.717, 1.165) is 24.9 Å². The van der Waals surface area contributed by atoms with E-state index in [2.05, 4.69) is 10.6 Å². The summed E-state index contributed by atoms with van der Waals surface area (Å²) < 4.78 is 0. The van der Waals surface area contributed by atoms with E-state index in [4.69, 9.17) is 0 Å². The molecule has 0 aromatic heterocycles. The second kappa shape index (κ2) is 6.00. The summed E-state index contributed by atoms with van der Waals surface area (Å²) in [6.45, 7) is 4.60. The third-order valence-electron chi connectivity index (χ3n) is 3.66. The average molecular weight is 277 g/mol. The van der Waals surface area contributed by atoms with Crippen molar-refractivity contribution < 1.29 is 9.72 Å². The molecule has 1 heterocycles. The van der Waals surface area contributed by atoms with Crippen molar-refractivity contribution in [3.8, 4) is 0 Å². The van der Waals surface area contributed by atoms with Crippen molar-refractivity contribution in [2.24, 2.45) is 5.92 Å². The van der Waals surface area contributed by atoms with Gasteiger partial charge in [0.25, 0.3) is 5.69 Å². The average Bonchev–Trinajstić information content (AvgIpc) is 2.41. The smallest absolute Gasteiger partial charge is 0.293 e. The molecule has 1 fully saturated rings. The minimum absolute atomic E-state index is 0.0678. The largest absolute Gasteiger partial charge is 0.319 e. The van der Waals surface area contributed by atoms with Crippen LogP contribution in [0.5, 0.6) is 0 Å². The van der Waals surface area contributed by atoms with Gasteiger partial charge in [0, 0.05) is 6.07 Å². The van der Waals surface area contributed by atoms with Crippen LogP contribution in [0, 0.1) is 23.0 Å². The summed E-state index contributed by atoms with van der Waals surface area (Å²) in [5, 5.41) is 16.9. The van der Waals surface area contributed by atoms with E-state index in [1.807, 2.05) is 6.92 Å². The maximum atomic E-state index is 12.2. The predicted octanol–water partition coefficient (Wildman–Crippen LogP) is 2.23. The van der Waals surface area contributed by atoms with E-state index in [9.17, 15) is 14.9 Å². The van der Waals surface area contributed by atoms with Gasteiger partial charge in [0.2, 0.25) is 5.91 Å². The highest BCUT2D eigenvalue weighted by Gasteiger charge is 2.28. The van der Waals surface area contributed by atoms with Crippen LogP contribution in [0.2, 0.25) is 0 Å². The lowest BCUT2D eigenvalue weighted by Gasteiger charge is -2.28. The Hall–Kier alpha value is -1.95. The van der Waals surface area contributed by atoms with Gasteiger partial charge in [-0.1, -0.05) is 13.0 Å². The summed E-state index contributed by atoms with van der Waals surface area (Å²) in [7, 11) is 0. The van der Waals surface area contributed by atoms with Crippen molar-refractivity contribution in [1.82, 2.24) is 5.32 Å². The molecule has 1 saturated heterocycles. The van der Waals surface area contributed by atoms with Gasteiger partial charge in [0.15, 0.2) is 0 Å². The van der Waals surface area contributed by atoms with Crippen LogP contribution in [-0.2, 0) is 4.79 Å². The van der Waals surface area contributed by atoms with E-state index >= 15 is 0 Å². The Labute approximate surface area is 117 Å². The van der Waals surface area contributed by atoms with Gasteiger partial charge in [-0.15, -0.1) is 0 Å². The third kappa shape index (κ3) is 3.14. The molecule has 108 valence electrons. The van der Waals surface area contributed by atoms with Crippen LogP contribution in [0.15, 0.2) is 18.2 Å². The lowest BCUT2D eigenvalue weighted by atomic mass is 9.92. The molecule has 20 heavy (non-hydrogen) atoms. The quantitative estimate of drug-likeness (QED) is 0.655. The predicted molar refractivity (Wildman–Crippen MR) is 76.7 cm³/mol. The van der Waals surface area contributed by atoms with Crippen LogP contribution < -0.4 is 10.6 Å². The van der Waals surface area contributed by atoms with Crippen molar-refractivity contribution in [3.05, 3.63) is 33.9 Å². The number of carbonyl (C=O) groups excluding carboxylic acids is 1. The van der Waals surface area contributed by atoms with E-state index in [1.54, 1.807) is 19.1 Å². The fraction of sp³-hybridized carbons (Fsp3) is 0.500. The van der Waals surface area contributed by atoms with Gasteiger partial charge in [0.05, 0.1) is 11.0 Å². The molecule has 6 nitrogen and oxygen atoms in total. The number of nitro benzene ring substituents is 1. The van der Waals surface area contributed by atoms with E-state index in [0.29, 0.717) is 0 Å². The second-order valence-corrected chi connectivity index (χ2v) is 5.32. The van der Waals surface area contributed by atoms with E-state index in [-0.39, 0.29) is 29.2 Å². The Morgan fingerprint density at radius 1 is 1.50 bits per heavy atom. The number of carbonyl (C=O) groups is 1. The summed E-state index contributed by atoms with van der Waals surface area (Å²) in [4.78, 5) is 22.8. The maximum absolute atomic E-state index is 12.2. The van der Waals surface area contributed by atoms with Crippen LogP contribution >= 0.6 is 0 Å². The zero-order valence-electron chi connectivity index (χ0n) is 11.7. The molecule has 1 amide bonds. The Bertz CT molecular complexity index is 530. The molecule has 0 saturated carbocycles. The van der Waals surface area contributed by atoms with Crippen molar-refractivity contribution >= 4 is 17.3 Å². The lowest BCUT2D eigenvalue weighted by Crippen LogP contribution is -2.48. The zero-order valence-corrected chi connectivity index (χ0v) is 11.7. The molecule has 1 aliphatic rings. The number of aryl methyl sites for hydroxylation is 1. The fourth-order valence-corrected chi connectivity index (χ4v) is 2.51. The molecule has 2 atom stereocenters. The van der Waals surface area contributed by atoms with Gasteiger partial charge in [-0.2, -0.15) is 0 Å². The van der Waals surface area contributed by atoms with Crippen LogP contribution in [0.1, 0.15) is 25.3 Å². The normalized spacial score (nSPS) is 22.3. The molecule has 2 unspecified atom stereocenters. The molecule has 0 bridgehead atoms. The minimum Gasteiger partial charge on any atom is -0.319 e. The standard InChI is InChI=1S/C14H19N3O3/c1-9-5-6-11(12(8-9)17(19)20)16-14(18)13-10(2)4-3-7-15-13/h5-6,8,10,13,15H,3-4,7H2,1-2H3,(H,16,18). The lowest BCUT2D eigenvalue weighted by molar-refractivity contribution is -0.384. The number of nitrogens with one attached hydrogen (secondary N) is 2. The number of rotatable bonds is 3. The first-order valence-electron chi connectivity index (χ1n) is 6.78. The zero-order chi connectivity index (χ0) is 14.7. The summed E-state index contributed by atoms with van der Waals surface area (Å²) in [6, 6.07) is 4.51. The first-order valence-corrected chi connectivity index (χ1v) is 6.78. The van der Waals surface area contributed by atoms with Gasteiger partial charge in [-0.3, -0.25) is 14.9 Å². The summed E-state index contributed by atoms with van der Waals surface area (Å²) in [5.74, 6) is 0.0254. The third-order valence-corrected chi connectivity index (χ3v) is 3.66. The van der Waals surface area contributed by atoms with E-state index < -0.39 is 4.92 Å². The molecule has 1 aliphatic heterocycles. The van der Waals surface area contributed by atoms with Crippen LogP contribution in [0.4, 0.5) is 11.4 Å². The Balaban J connectivity index is 2.17.